The van der Waals surface area contributed by atoms with E-state index in [0.717, 1.165) is 11.2 Å². The first kappa shape index (κ1) is 20.6. The smallest absolute Gasteiger partial charge is 0.338 e. The lowest BCUT2D eigenvalue weighted by atomic mass is 10.2. The molecule has 2 aromatic heterocycles. The van der Waals surface area contributed by atoms with Crippen LogP contribution >= 0.6 is 0 Å². The van der Waals surface area contributed by atoms with Gasteiger partial charge in [-0.05, 0) is 48.9 Å². The predicted octanol–water partition coefficient (Wildman–Crippen LogP) is 3.82. The fourth-order valence-electron chi connectivity index (χ4n) is 3.22. The molecule has 8 heteroatoms. The molecule has 0 aliphatic rings. The number of esters is 1. The van der Waals surface area contributed by atoms with Gasteiger partial charge in [-0.1, -0.05) is 30.3 Å². The van der Waals surface area contributed by atoms with Crippen molar-refractivity contribution in [3.63, 3.8) is 0 Å². The Hall–Kier alpha value is -3.65. The van der Waals surface area contributed by atoms with Crippen LogP contribution < -0.4 is 4.31 Å². The molecular weight excluding hydrogens is 414 g/mol. The summed E-state index contributed by atoms with van der Waals surface area (Å²) < 4.78 is 34.4. The molecule has 0 saturated heterocycles. The van der Waals surface area contributed by atoms with Gasteiger partial charge in [0, 0.05) is 19.4 Å². The van der Waals surface area contributed by atoms with E-state index >= 15 is 0 Å². The quantitative estimate of drug-likeness (QED) is 0.430. The van der Waals surface area contributed by atoms with Gasteiger partial charge in [0.05, 0.1) is 21.8 Å². The van der Waals surface area contributed by atoms with E-state index in [1.807, 2.05) is 35.7 Å². The number of hydrogen-bond donors (Lipinski definition) is 0. The van der Waals surface area contributed by atoms with Crippen LogP contribution in [-0.2, 0) is 21.4 Å². The van der Waals surface area contributed by atoms with Crippen molar-refractivity contribution in [3.05, 3.63) is 95.9 Å². The number of pyridine rings is 1. The molecule has 0 aliphatic carbocycles. The number of sulfonamides is 1. The SMILES string of the molecule is Cc1cccn2cc(COC(=O)c3cccc(S(=O)(=O)N(C)c4ccccc4)c3)nc12. The lowest BCUT2D eigenvalue weighted by Crippen LogP contribution is -2.26. The number of fused-ring (bicyclic) bond motifs is 1. The average Bonchev–Trinajstić information content (AvgIpc) is 3.22. The molecule has 0 aliphatic heterocycles. The maximum atomic E-state index is 13.0. The second kappa shape index (κ2) is 8.23. The molecule has 0 spiro atoms. The van der Waals surface area contributed by atoms with Crippen molar-refractivity contribution < 1.29 is 17.9 Å². The molecule has 7 nitrogen and oxygen atoms in total. The number of carbonyl (C=O) groups is 1. The van der Waals surface area contributed by atoms with Crippen molar-refractivity contribution in [2.75, 3.05) is 11.4 Å². The number of benzene rings is 2. The van der Waals surface area contributed by atoms with E-state index in [1.54, 1.807) is 30.5 Å². The highest BCUT2D eigenvalue weighted by molar-refractivity contribution is 7.92. The monoisotopic (exact) mass is 435 g/mol. The molecule has 2 heterocycles. The molecule has 2 aromatic carbocycles. The second-order valence-electron chi connectivity index (χ2n) is 7.07. The Morgan fingerprint density at radius 2 is 1.84 bits per heavy atom. The first-order valence-electron chi connectivity index (χ1n) is 9.60. The molecule has 0 N–H and O–H groups in total. The van der Waals surface area contributed by atoms with Crippen molar-refractivity contribution in [1.29, 1.82) is 0 Å². The second-order valence-corrected chi connectivity index (χ2v) is 9.04. The minimum atomic E-state index is -3.83. The van der Waals surface area contributed by atoms with Gasteiger partial charge in [0.15, 0.2) is 0 Å². The summed E-state index contributed by atoms with van der Waals surface area (Å²) in [7, 11) is -2.35. The highest BCUT2D eigenvalue weighted by Gasteiger charge is 2.22. The zero-order valence-corrected chi connectivity index (χ0v) is 17.9. The zero-order chi connectivity index (χ0) is 22.0. The van der Waals surface area contributed by atoms with E-state index in [1.165, 1.54) is 35.6 Å². The van der Waals surface area contributed by atoms with Gasteiger partial charge >= 0.3 is 5.97 Å². The van der Waals surface area contributed by atoms with E-state index in [-0.39, 0.29) is 17.1 Å². The van der Waals surface area contributed by atoms with Crippen LogP contribution in [0.2, 0.25) is 0 Å². The number of imidazole rings is 1. The van der Waals surface area contributed by atoms with Crippen molar-refractivity contribution in [1.82, 2.24) is 9.38 Å². The van der Waals surface area contributed by atoms with Gasteiger partial charge in [-0.15, -0.1) is 0 Å². The summed E-state index contributed by atoms with van der Waals surface area (Å²) in [5, 5.41) is 0. The molecule has 4 aromatic rings. The number of carbonyl (C=O) groups excluding carboxylic acids is 1. The Morgan fingerprint density at radius 1 is 1.06 bits per heavy atom. The maximum absolute atomic E-state index is 13.0. The zero-order valence-electron chi connectivity index (χ0n) is 17.1. The minimum Gasteiger partial charge on any atom is -0.456 e. The van der Waals surface area contributed by atoms with Gasteiger partial charge in [-0.25, -0.2) is 18.2 Å². The standard InChI is InChI=1S/C23H21N3O4S/c1-17-8-7-13-26-15-19(24-22(17)26)16-30-23(27)18-9-6-12-21(14-18)31(28,29)25(2)20-10-4-3-5-11-20/h3-15H,16H2,1-2H3. The van der Waals surface area contributed by atoms with Crippen LogP contribution in [0.15, 0.2) is 84.0 Å². The number of aryl methyl sites for hydroxylation is 1. The third kappa shape index (κ3) is 4.15. The molecule has 0 fully saturated rings. The molecule has 0 atom stereocenters. The van der Waals surface area contributed by atoms with Crippen molar-refractivity contribution >= 4 is 27.3 Å². The minimum absolute atomic E-state index is 0.0108. The largest absolute Gasteiger partial charge is 0.456 e. The molecular formula is C23H21N3O4S. The highest BCUT2D eigenvalue weighted by Crippen LogP contribution is 2.22. The number of anilines is 1. The van der Waals surface area contributed by atoms with E-state index in [0.29, 0.717) is 11.4 Å². The summed E-state index contributed by atoms with van der Waals surface area (Å²) in [5.41, 5.74) is 3.10. The average molecular weight is 436 g/mol. The number of aromatic nitrogens is 2. The van der Waals surface area contributed by atoms with Crippen LogP contribution in [0.4, 0.5) is 5.69 Å². The number of para-hydroxylation sites is 1. The first-order valence-corrected chi connectivity index (χ1v) is 11.0. The van der Waals surface area contributed by atoms with Crippen molar-refractivity contribution in [3.8, 4) is 0 Å². The molecule has 31 heavy (non-hydrogen) atoms. The number of ether oxygens (including phenoxy) is 1. The van der Waals surface area contributed by atoms with Gasteiger partial charge in [-0.2, -0.15) is 0 Å². The molecule has 0 unspecified atom stereocenters. The van der Waals surface area contributed by atoms with E-state index in [9.17, 15) is 13.2 Å². The summed E-state index contributed by atoms with van der Waals surface area (Å²) in [4.78, 5) is 17.0. The Bertz CT molecular complexity index is 1350. The first-order chi connectivity index (χ1) is 14.9. The van der Waals surface area contributed by atoms with Crippen molar-refractivity contribution in [2.45, 2.75) is 18.4 Å². The Morgan fingerprint density at radius 3 is 2.58 bits per heavy atom. The number of nitrogens with zero attached hydrogens (tertiary/aromatic N) is 3. The Balaban J connectivity index is 1.52. The summed E-state index contributed by atoms with van der Waals surface area (Å²) >= 11 is 0. The Kier molecular flexibility index (Phi) is 5.48. The van der Waals surface area contributed by atoms with Gasteiger partial charge < -0.3 is 9.14 Å². The fourth-order valence-corrected chi connectivity index (χ4v) is 4.46. The Labute approximate surface area is 180 Å². The molecule has 0 saturated carbocycles. The topological polar surface area (TPSA) is 81.0 Å². The number of hydrogen-bond acceptors (Lipinski definition) is 5. The van der Waals surface area contributed by atoms with E-state index in [2.05, 4.69) is 4.98 Å². The molecule has 0 bridgehead atoms. The van der Waals surface area contributed by atoms with E-state index < -0.39 is 16.0 Å². The molecule has 0 amide bonds. The predicted molar refractivity (Wildman–Crippen MR) is 118 cm³/mol. The molecule has 4 rings (SSSR count). The van der Waals surface area contributed by atoms with Crippen LogP contribution in [0.5, 0.6) is 0 Å². The van der Waals surface area contributed by atoms with Crippen LogP contribution in [0, 0.1) is 6.92 Å². The molecule has 0 radical (unpaired) electrons. The molecule has 158 valence electrons. The maximum Gasteiger partial charge on any atom is 0.338 e. The van der Waals surface area contributed by atoms with Crippen LogP contribution in [-0.4, -0.2) is 30.8 Å². The fraction of sp³-hybridized carbons (Fsp3) is 0.130. The van der Waals surface area contributed by atoms with E-state index in [4.69, 9.17) is 4.74 Å². The summed E-state index contributed by atoms with van der Waals surface area (Å²) in [6.07, 6.45) is 3.67. The van der Waals surface area contributed by atoms with Crippen LogP contribution in [0.3, 0.4) is 0 Å². The normalized spacial score (nSPS) is 11.4. The summed E-state index contributed by atoms with van der Waals surface area (Å²) in [5.74, 6) is -0.617. The van der Waals surface area contributed by atoms with Gasteiger partial charge in [0.1, 0.15) is 12.3 Å². The van der Waals surface area contributed by atoms with Gasteiger partial charge in [0.2, 0.25) is 0 Å². The highest BCUT2D eigenvalue weighted by atomic mass is 32.2. The number of rotatable bonds is 6. The lowest BCUT2D eigenvalue weighted by molar-refractivity contribution is 0.0468. The summed E-state index contributed by atoms with van der Waals surface area (Å²) in [6, 6.07) is 18.4. The van der Waals surface area contributed by atoms with Gasteiger partial charge in [-0.3, -0.25) is 4.31 Å². The lowest BCUT2D eigenvalue weighted by Gasteiger charge is -2.19. The van der Waals surface area contributed by atoms with Gasteiger partial charge in [0.25, 0.3) is 10.0 Å². The third-order valence-corrected chi connectivity index (χ3v) is 6.71. The van der Waals surface area contributed by atoms with Crippen LogP contribution in [0.25, 0.3) is 5.65 Å². The van der Waals surface area contributed by atoms with Crippen LogP contribution in [0.1, 0.15) is 21.6 Å². The van der Waals surface area contributed by atoms with Crippen molar-refractivity contribution in [2.24, 2.45) is 0 Å². The summed E-state index contributed by atoms with van der Waals surface area (Å²) in [6.45, 7) is 1.94. The third-order valence-electron chi connectivity index (χ3n) is 4.93.